The van der Waals surface area contributed by atoms with Crippen molar-refractivity contribution in [3.63, 3.8) is 0 Å². The maximum absolute atomic E-state index is 12.8. The highest BCUT2D eigenvalue weighted by Crippen LogP contribution is 2.40. The molecular formula is C24H30N4O4S. The van der Waals surface area contributed by atoms with E-state index in [0.717, 1.165) is 55.9 Å². The van der Waals surface area contributed by atoms with Gasteiger partial charge in [0.15, 0.2) is 0 Å². The first-order valence-electron chi connectivity index (χ1n) is 11.1. The zero-order valence-corrected chi connectivity index (χ0v) is 19.4. The van der Waals surface area contributed by atoms with E-state index in [9.17, 15) is 9.90 Å². The predicted octanol–water partition coefficient (Wildman–Crippen LogP) is 2.52. The largest absolute Gasteiger partial charge is 0.483 e. The lowest BCUT2D eigenvalue weighted by atomic mass is 9.71. The number of aliphatic hydroxyl groups excluding tert-OH is 1. The van der Waals surface area contributed by atoms with Crippen LogP contribution in [-0.2, 0) is 22.6 Å². The van der Waals surface area contributed by atoms with Crippen LogP contribution < -0.4 is 0 Å². The summed E-state index contributed by atoms with van der Waals surface area (Å²) < 4.78 is 0. The fraction of sp³-hybridized carbons (Fsp3) is 0.500. The van der Waals surface area contributed by atoms with Crippen molar-refractivity contribution < 1.29 is 19.8 Å². The summed E-state index contributed by atoms with van der Waals surface area (Å²) in [4.78, 5) is 31.5. The third-order valence-electron chi connectivity index (χ3n) is 6.42. The molecule has 2 aromatic heterocycles. The lowest BCUT2D eigenvalue weighted by molar-refractivity contribution is -0.140. The lowest BCUT2D eigenvalue weighted by Crippen LogP contribution is -2.55. The van der Waals surface area contributed by atoms with Crippen molar-refractivity contribution in [1.82, 2.24) is 14.8 Å². The number of piperidine rings is 2. The number of rotatable bonds is 5. The quantitative estimate of drug-likeness (QED) is 0.645. The number of aryl methyl sites for hydroxylation is 1. The van der Waals surface area contributed by atoms with E-state index in [0.29, 0.717) is 19.4 Å². The minimum atomic E-state index is -0.439. The Bertz CT molecular complexity index is 951. The van der Waals surface area contributed by atoms with E-state index in [4.69, 9.17) is 15.2 Å². The van der Waals surface area contributed by atoms with E-state index < -0.39 is 6.10 Å². The van der Waals surface area contributed by atoms with Gasteiger partial charge in [0.25, 0.3) is 6.47 Å². The molecule has 0 aliphatic carbocycles. The van der Waals surface area contributed by atoms with E-state index in [-0.39, 0.29) is 17.8 Å². The Morgan fingerprint density at radius 1 is 1.27 bits per heavy atom. The van der Waals surface area contributed by atoms with Gasteiger partial charge in [-0.25, -0.2) is 0 Å². The molecular weight excluding hydrogens is 440 g/mol. The topological polar surface area (TPSA) is 118 Å². The number of thiophene rings is 1. The van der Waals surface area contributed by atoms with E-state index in [1.54, 1.807) is 23.7 Å². The molecule has 1 atom stereocenters. The van der Waals surface area contributed by atoms with Gasteiger partial charge in [0.1, 0.15) is 10.9 Å². The van der Waals surface area contributed by atoms with Crippen LogP contribution in [0.2, 0.25) is 0 Å². The second-order valence-electron chi connectivity index (χ2n) is 8.75. The predicted molar refractivity (Wildman–Crippen MR) is 124 cm³/mol. The van der Waals surface area contributed by atoms with E-state index in [1.165, 1.54) is 4.88 Å². The van der Waals surface area contributed by atoms with Gasteiger partial charge >= 0.3 is 0 Å². The van der Waals surface area contributed by atoms with E-state index in [2.05, 4.69) is 16.0 Å². The van der Waals surface area contributed by atoms with Crippen molar-refractivity contribution in [3.05, 3.63) is 52.0 Å². The Morgan fingerprint density at radius 3 is 2.61 bits per heavy atom. The van der Waals surface area contributed by atoms with Crippen molar-refractivity contribution in [2.45, 2.75) is 44.8 Å². The highest BCUT2D eigenvalue weighted by atomic mass is 32.1. The number of β-amino-alcohol motifs (C(OH)–C–C–N with tert-alkyl or cyclic N) is 1. The number of nitriles is 1. The highest BCUT2D eigenvalue weighted by molar-refractivity contribution is 7.12. The molecule has 0 bridgehead atoms. The molecule has 0 radical (unpaired) electrons. The molecule has 2 fully saturated rings. The molecule has 1 amide bonds. The maximum Gasteiger partial charge on any atom is 0.290 e. The summed E-state index contributed by atoms with van der Waals surface area (Å²) in [5.74, 6) is 0.134. The van der Waals surface area contributed by atoms with Gasteiger partial charge in [0.2, 0.25) is 5.91 Å². The Hall–Kier alpha value is -2.80. The van der Waals surface area contributed by atoms with E-state index >= 15 is 0 Å². The van der Waals surface area contributed by atoms with Crippen LogP contribution in [-0.4, -0.2) is 69.7 Å². The molecule has 33 heavy (non-hydrogen) atoms. The molecule has 0 saturated carbocycles. The second kappa shape index (κ2) is 11.9. The first kappa shape index (κ1) is 24.8. The number of hydrogen-bond acceptors (Lipinski definition) is 7. The number of likely N-dealkylation sites (tertiary alicyclic amines) is 2. The van der Waals surface area contributed by atoms with Crippen molar-refractivity contribution in [3.8, 4) is 6.07 Å². The highest BCUT2D eigenvalue weighted by Gasteiger charge is 2.42. The molecule has 0 aromatic carbocycles. The van der Waals surface area contributed by atoms with Crippen LogP contribution in [0, 0.1) is 16.7 Å². The number of carbonyl (C=O) groups excluding carboxylic acids is 1. The van der Waals surface area contributed by atoms with Gasteiger partial charge in [-0.15, -0.1) is 11.3 Å². The smallest absolute Gasteiger partial charge is 0.290 e. The number of nitrogens with zero attached hydrogens (tertiary/aromatic N) is 4. The summed E-state index contributed by atoms with van der Waals surface area (Å²) in [7, 11) is 0. The summed E-state index contributed by atoms with van der Waals surface area (Å²) in [6, 6.07) is 10.0. The van der Waals surface area contributed by atoms with E-state index in [1.807, 2.05) is 29.2 Å². The number of aromatic nitrogens is 1. The van der Waals surface area contributed by atoms with Crippen LogP contribution in [0.1, 0.15) is 41.0 Å². The molecule has 2 aromatic rings. The summed E-state index contributed by atoms with van der Waals surface area (Å²) >= 11 is 1.56. The van der Waals surface area contributed by atoms with Crippen LogP contribution in [0.15, 0.2) is 36.7 Å². The fourth-order valence-corrected chi connectivity index (χ4v) is 5.64. The molecule has 2 saturated heterocycles. The maximum atomic E-state index is 12.8. The van der Waals surface area contributed by atoms with Crippen LogP contribution in [0.5, 0.6) is 0 Å². The average Bonchev–Trinajstić information content (AvgIpc) is 3.27. The molecule has 4 heterocycles. The molecule has 9 heteroatoms. The lowest BCUT2D eigenvalue weighted by Gasteiger charge is -2.49. The Balaban J connectivity index is 0.000000968. The summed E-state index contributed by atoms with van der Waals surface area (Å²) in [5, 5.41) is 26.4. The van der Waals surface area contributed by atoms with Crippen LogP contribution in [0.3, 0.4) is 0 Å². The number of pyridine rings is 1. The normalized spacial score (nSPS) is 19.9. The van der Waals surface area contributed by atoms with Gasteiger partial charge in [-0.05, 0) is 74.0 Å². The molecule has 1 unspecified atom stereocenters. The molecule has 2 N–H and O–H groups in total. The number of amides is 1. The van der Waals surface area contributed by atoms with Gasteiger partial charge in [-0.1, -0.05) is 0 Å². The minimum absolute atomic E-state index is 0.0216. The van der Waals surface area contributed by atoms with Crippen molar-refractivity contribution in [2.24, 2.45) is 5.41 Å². The number of aliphatic hydroxyl groups is 1. The molecule has 176 valence electrons. The summed E-state index contributed by atoms with van der Waals surface area (Å²) in [6.07, 6.45) is 7.02. The van der Waals surface area contributed by atoms with Gasteiger partial charge in [-0.3, -0.25) is 19.5 Å². The number of carbonyl (C=O) groups is 2. The first-order chi connectivity index (χ1) is 16.0. The Kier molecular flexibility index (Phi) is 8.95. The van der Waals surface area contributed by atoms with Gasteiger partial charge in [0.05, 0.1) is 6.10 Å². The van der Waals surface area contributed by atoms with Crippen LogP contribution in [0.4, 0.5) is 0 Å². The molecule has 2 aliphatic heterocycles. The SMILES string of the molecule is N#Cc1ccc(CN2CCC3(CC2)CC(O)CN(C(=O)CCc2ccncc2)C3)s1.O=CO. The van der Waals surface area contributed by atoms with Crippen LogP contribution >= 0.6 is 11.3 Å². The second-order valence-corrected chi connectivity index (χ2v) is 9.92. The molecule has 1 spiro atoms. The van der Waals surface area contributed by atoms with Crippen LogP contribution in [0.25, 0.3) is 0 Å². The Labute approximate surface area is 198 Å². The van der Waals surface area contributed by atoms with Gasteiger partial charge in [0, 0.05) is 43.3 Å². The molecule has 4 rings (SSSR count). The zero-order valence-electron chi connectivity index (χ0n) is 18.6. The van der Waals surface area contributed by atoms with Crippen molar-refractivity contribution in [1.29, 1.82) is 5.26 Å². The average molecular weight is 471 g/mol. The molecule has 2 aliphatic rings. The first-order valence-corrected chi connectivity index (χ1v) is 11.9. The number of hydrogen-bond donors (Lipinski definition) is 2. The van der Waals surface area contributed by atoms with Gasteiger partial charge in [-0.2, -0.15) is 5.26 Å². The fourth-order valence-electron chi connectivity index (χ4n) is 4.79. The molecule has 8 nitrogen and oxygen atoms in total. The van der Waals surface area contributed by atoms with Crippen molar-refractivity contribution >= 4 is 23.7 Å². The summed E-state index contributed by atoms with van der Waals surface area (Å²) in [5.41, 5.74) is 1.14. The number of carboxylic acid groups (broad SMARTS) is 1. The third kappa shape index (κ3) is 7.09. The third-order valence-corrected chi connectivity index (χ3v) is 7.40. The standard InChI is InChI=1S/C23H28N4O2S.CH2O2/c24-14-20-2-3-21(30-20)16-26-11-7-23(8-12-26)13-19(28)15-27(17-23)22(29)4-1-18-5-9-25-10-6-18;2-1-3/h2-3,5-6,9-10,19,28H,1,4,7-8,11-13,15-17H2;1H,(H,2,3). The minimum Gasteiger partial charge on any atom is -0.483 e. The zero-order chi connectivity index (χ0) is 23.7. The monoisotopic (exact) mass is 470 g/mol. The van der Waals surface area contributed by atoms with Gasteiger partial charge < -0.3 is 15.1 Å². The Morgan fingerprint density at radius 2 is 1.97 bits per heavy atom. The summed E-state index contributed by atoms with van der Waals surface area (Å²) in [6.45, 7) is 3.76. The van der Waals surface area contributed by atoms with Crippen molar-refractivity contribution in [2.75, 3.05) is 26.2 Å².